The molecule has 0 saturated heterocycles. The molecule has 0 unspecified atom stereocenters. The Kier molecular flexibility index (Phi) is 4.62. The zero-order valence-corrected chi connectivity index (χ0v) is 13.3. The molecule has 0 atom stereocenters. The fourth-order valence-corrected chi connectivity index (χ4v) is 2.30. The number of benzene rings is 2. The number of nitrogens with zero attached hydrogens (tertiary/aromatic N) is 3. The van der Waals surface area contributed by atoms with Gasteiger partial charge in [-0.1, -0.05) is 17.7 Å². The van der Waals surface area contributed by atoms with Crippen LogP contribution >= 0.6 is 11.6 Å². The van der Waals surface area contributed by atoms with E-state index in [1.54, 1.807) is 0 Å². The number of phenols is 1. The van der Waals surface area contributed by atoms with Crippen molar-refractivity contribution in [3.05, 3.63) is 70.5 Å². The maximum atomic E-state index is 13.6. The topological polar surface area (TPSA) is 80.0 Å². The molecule has 2 aromatic carbocycles. The van der Waals surface area contributed by atoms with Crippen molar-refractivity contribution in [1.82, 2.24) is 15.0 Å². The van der Waals surface area contributed by atoms with E-state index in [0.717, 1.165) is 23.1 Å². The summed E-state index contributed by atoms with van der Waals surface area (Å²) >= 11 is 5.86. The molecule has 0 saturated carbocycles. The number of aromatic nitrogens is 3. The van der Waals surface area contributed by atoms with E-state index < -0.39 is 23.2 Å². The summed E-state index contributed by atoms with van der Waals surface area (Å²) in [5.74, 6) is -2.61. The van der Waals surface area contributed by atoms with E-state index in [9.17, 15) is 18.7 Å². The van der Waals surface area contributed by atoms with Crippen molar-refractivity contribution in [2.75, 3.05) is 5.32 Å². The summed E-state index contributed by atoms with van der Waals surface area (Å²) in [7, 11) is 0. The third kappa shape index (κ3) is 3.74. The van der Waals surface area contributed by atoms with E-state index >= 15 is 0 Å². The second kappa shape index (κ2) is 6.86. The summed E-state index contributed by atoms with van der Waals surface area (Å²) in [5.41, 5.74) is -0.242. The highest BCUT2D eigenvalue weighted by molar-refractivity contribution is 6.30. The number of amides is 1. The summed E-state index contributed by atoms with van der Waals surface area (Å²) in [5, 5.41) is 20.1. The van der Waals surface area contributed by atoms with Gasteiger partial charge >= 0.3 is 0 Å². The van der Waals surface area contributed by atoms with E-state index in [2.05, 4.69) is 15.5 Å². The number of para-hydroxylation sites is 1. The number of aromatic hydroxyl groups is 1. The molecule has 3 rings (SSSR count). The Labute approximate surface area is 145 Å². The number of anilines is 1. The smallest absolute Gasteiger partial charge is 0.278 e. The van der Waals surface area contributed by atoms with E-state index in [0.29, 0.717) is 10.6 Å². The average Bonchev–Trinajstić information content (AvgIpc) is 3.03. The van der Waals surface area contributed by atoms with Crippen LogP contribution in [-0.2, 0) is 6.54 Å². The molecule has 2 N–H and O–H groups in total. The number of carbonyl (C=O) groups is 1. The van der Waals surface area contributed by atoms with Crippen molar-refractivity contribution >= 4 is 23.2 Å². The molecule has 25 heavy (non-hydrogen) atoms. The van der Waals surface area contributed by atoms with Gasteiger partial charge in [0.1, 0.15) is 23.1 Å². The Morgan fingerprint density at radius 2 is 1.96 bits per heavy atom. The lowest BCUT2D eigenvalue weighted by molar-refractivity contribution is 0.102. The summed E-state index contributed by atoms with van der Waals surface area (Å²) in [6, 6.07) is 7.73. The van der Waals surface area contributed by atoms with Crippen LogP contribution in [0.4, 0.5) is 14.5 Å². The van der Waals surface area contributed by atoms with E-state index in [1.165, 1.54) is 24.3 Å². The molecule has 1 amide bonds. The zero-order valence-electron chi connectivity index (χ0n) is 12.6. The fourth-order valence-electron chi connectivity index (χ4n) is 2.11. The Hall–Kier alpha value is -3.00. The molecule has 0 fully saturated rings. The lowest BCUT2D eigenvalue weighted by atomic mass is 10.2. The van der Waals surface area contributed by atoms with Crippen molar-refractivity contribution in [2.24, 2.45) is 0 Å². The standard InChI is InChI=1S/C16H11ClF2N4O2/c17-10-4-5-14(24)9(6-10)8-23-20-7-13(22-23)16(25)21-15-11(18)2-1-3-12(15)19/h1-7,24H,8H2,(H,21,25). The molecule has 128 valence electrons. The van der Waals surface area contributed by atoms with Gasteiger partial charge in [0.25, 0.3) is 5.91 Å². The highest BCUT2D eigenvalue weighted by Crippen LogP contribution is 2.22. The van der Waals surface area contributed by atoms with Crippen molar-refractivity contribution in [2.45, 2.75) is 6.54 Å². The van der Waals surface area contributed by atoms with Crippen LogP contribution in [0.25, 0.3) is 0 Å². The van der Waals surface area contributed by atoms with Gasteiger partial charge in [0.2, 0.25) is 0 Å². The molecule has 0 aliphatic rings. The Morgan fingerprint density at radius 1 is 1.24 bits per heavy atom. The minimum Gasteiger partial charge on any atom is -0.508 e. The summed E-state index contributed by atoms with van der Waals surface area (Å²) in [6.45, 7) is 0.0632. The maximum Gasteiger partial charge on any atom is 0.278 e. The third-order valence-electron chi connectivity index (χ3n) is 3.32. The molecule has 6 nitrogen and oxygen atoms in total. The minimum absolute atomic E-state index is 0.00105. The van der Waals surface area contributed by atoms with Crippen molar-refractivity contribution < 1.29 is 18.7 Å². The molecule has 3 aromatic rings. The van der Waals surface area contributed by atoms with Crippen LogP contribution < -0.4 is 5.32 Å². The first kappa shape index (κ1) is 16.8. The van der Waals surface area contributed by atoms with E-state index in [4.69, 9.17) is 11.6 Å². The maximum absolute atomic E-state index is 13.6. The number of nitrogens with one attached hydrogen (secondary N) is 1. The Morgan fingerprint density at radius 3 is 2.68 bits per heavy atom. The number of phenolic OH excluding ortho intramolecular Hbond substituents is 1. The first-order valence-electron chi connectivity index (χ1n) is 7.07. The monoisotopic (exact) mass is 364 g/mol. The van der Waals surface area contributed by atoms with Gasteiger partial charge in [-0.05, 0) is 30.3 Å². The summed E-state index contributed by atoms with van der Waals surface area (Å²) in [6.07, 6.45) is 1.15. The zero-order chi connectivity index (χ0) is 18.0. The highest BCUT2D eigenvalue weighted by Gasteiger charge is 2.16. The van der Waals surface area contributed by atoms with Crippen LogP contribution in [0.5, 0.6) is 5.75 Å². The highest BCUT2D eigenvalue weighted by atomic mass is 35.5. The van der Waals surface area contributed by atoms with Crippen LogP contribution in [0.2, 0.25) is 5.02 Å². The van der Waals surface area contributed by atoms with Gasteiger partial charge in [-0.25, -0.2) is 8.78 Å². The largest absolute Gasteiger partial charge is 0.508 e. The number of hydrogen-bond acceptors (Lipinski definition) is 4. The van der Waals surface area contributed by atoms with Crippen LogP contribution in [0.3, 0.4) is 0 Å². The van der Waals surface area contributed by atoms with E-state index in [-0.39, 0.29) is 18.0 Å². The second-order valence-electron chi connectivity index (χ2n) is 5.08. The molecule has 1 aromatic heterocycles. The van der Waals surface area contributed by atoms with E-state index in [1.807, 2.05) is 0 Å². The van der Waals surface area contributed by atoms with Gasteiger partial charge in [-0.3, -0.25) is 4.79 Å². The molecule has 0 spiro atoms. The lowest BCUT2D eigenvalue weighted by Crippen LogP contribution is -2.15. The van der Waals surface area contributed by atoms with Gasteiger partial charge in [0.15, 0.2) is 5.69 Å². The van der Waals surface area contributed by atoms with Crippen molar-refractivity contribution in [3.8, 4) is 5.75 Å². The molecule has 0 aliphatic heterocycles. The van der Waals surface area contributed by atoms with Gasteiger partial charge in [-0.15, -0.1) is 5.10 Å². The molecule has 0 bridgehead atoms. The quantitative estimate of drug-likeness (QED) is 0.745. The molecule has 0 aliphatic carbocycles. The van der Waals surface area contributed by atoms with Crippen LogP contribution in [0.15, 0.2) is 42.6 Å². The average molecular weight is 365 g/mol. The van der Waals surface area contributed by atoms with Crippen LogP contribution in [0.1, 0.15) is 16.1 Å². The molecular weight excluding hydrogens is 354 g/mol. The Balaban J connectivity index is 1.77. The van der Waals surface area contributed by atoms with Gasteiger partial charge in [0, 0.05) is 10.6 Å². The third-order valence-corrected chi connectivity index (χ3v) is 3.56. The second-order valence-corrected chi connectivity index (χ2v) is 5.52. The summed E-state index contributed by atoms with van der Waals surface area (Å²) in [4.78, 5) is 13.2. The van der Waals surface area contributed by atoms with Crippen molar-refractivity contribution in [3.63, 3.8) is 0 Å². The number of hydrogen-bond donors (Lipinski definition) is 2. The van der Waals surface area contributed by atoms with Gasteiger partial charge in [0.05, 0.1) is 12.7 Å². The predicted molar refractivity (Wildman–Crippen MR) is 86.6 cm³/mol. The van der Waals surface area contributed by atoms with Gasteiger partial charge in [-0.2, -0.15) is 9.90 Å². The molecule has 9 heteroatoms. The Bertz CT molecular complexity index is 925. The van der Waals surface area contributed by atoms with Crippen LogP contribution in [-0.4, -0.2) is 26.0 Å². The lowest BCUT2D eigenvalue weighted by Gasteiger charge is -2.06. The number of halogens is 3. The van der Waals surface area contributed by atoms with Gasteiger partial charge < -0.3 is 10.4 Å². The molecular formula is C16H11ClF2N4O2. The predicted octanol–water partition coefficient (Wildman–Crippen LogP) is 3.22. The first-order valence-corrected chi connectivity index (χ1v) is 7.44. The van der Waals surface area contributed by atoms with Crippen molar-refractivity contribution in [1.29, 1.82) is 0 Å². The summed E-state index contributed by atoms with van der Waals surface area (Å²) < 4.78 is 27.1. The molecule has 1 heterocycles. The minimum atomic E-state index is -0.899. The SMILES string of the molecule is O=C(Nc1c(F)cccc1F)c1cnn(Cc2cc(Cl)ccc2O)n1. The normalized spacial score (nSPS) is 10.7. The number of carbonyl (C=O) groups excluding carboxylic acids is 1. The molecule has 0 radical (unpaired) electrons. The first-order chi connectivity index (χ1) is 11.9. The van der Waals surface area contributed by atoms with Crippen LogP contribution in [0, 0.1) is 11.6 Å². The number of rotatable bonds is 4. The fraction of sp³-hybridized carbons (Fsp3) is 0.0625.